The average molecular weight is 317 g/mol. The van der Waals surface area contributed by atoms with Crippen molar-refractivity contribution in [3.05, 3.63) is 66.0 Å². The molecule has 0 N–H and O–H groups in total. The number of halogens is 1. The predicted molar refractivity (Wildman–Crippen MR) is 81.7 cm³/mol. The van der Waals surface area contributed by atoms with Gasteiger partial charge in [-0.1, -0.05) is 18.2 Å². The molecule has 1 saturated heterocycles. The molecular weight excluding hydrogens is 296 g/mol. The second-order valence-electron chi connectivity index (χ2n) is 5.68. The first-order valence-electron chi connectivity index (χ1n) is 7.57. The van der Waals surface area contributed by atoms with Crippen molar-refractivity contribution in [2.24, 2.45) is 7.05 Å². The number of carbonyl (C=O) groups excluding carboxylic acids is 1. The largest absolute Gasteiger partial charge is 1.00 e. The van der Waals surface area contributed by atoms with E-state index in [1.54, 1.807) is 0 Å². The molecule has 1 aliphatic rings. The van der Waals surface area contributed by atoms with Gasteiger partial charge in [-0.15, -0.1) is 0 Å². The van der Waals surface area contributed by atoms with Crippen molar-refractivity contribution in [2.45, 2.75) is 25.3 Å². The lowest BCUT2D eigenvalue weighted by atomic mass is 9.95. The lowest BCUT2D eigenvalue weighted by Gasteiger charge is -2.35. The second-order valence-corrected chi connectivity index (χ2v) is 5.68. The molecule has 4 heteroatoms. The number of hydrogen-bond donors (Lipinski definition) is 0. The van der Waals surface area contributed by atoms with E-state index in [9.17, 15) is 4.79 Å². The van der Waals surface area contributed by atoms with Crippen LogP contribution < -0.4 is 17.0 Å². The van der Waals surface area contributed by atoms with Crippen LogP contribution in [0.4, 0.5) is 0 Å². The van der Waals surface area contributed by atoms with Gasteiger partial charge >= 0.3 is 0 Å². The second kappa shape index (κ2) is 7.41. The summed E-state index contributed by atoms with van der Waals surface area (Å²) in [6.07, 6.45) is 7.47. The molecule has 22 heavy (non-hydrogen) atoms. The van der Waals surface area contributed by atoms with Crippen molar-refractivity contribution < 1.29 is 21.8 Å². The molecule has 2 aromatic rings. The number of likely N-dealkylation sites (tertiary alicyclic amines) is 1. The van der Waals surface area contributed by atoms with Crippen LogP contribution in [-0.2, 0) is 7.05 Å². The quantitative estimate of drug-likeness (QED) is 0.709. The molecule has 1 amide bonds. The van der Waals surface area contributed by atoms with Crippen LogP contribution in [-0.4, -0.2) is 17.4 Å². The van der Waals surface area contributed by atoms with Crippen LogP contribution in [0.1, 0.15) is 41.2 Å². The molecule has 0 radical (unpaired) electrons. The first kappa shape index (κ1) is 16.5. The number of benzene rings is 1. The molecule has 1 atom stereocenters. The molecule has 0 spiro atoms. The van der Waals surface area contributed by atoms with Gasteiger partial charge in [0.1, 0.15) is 7.05 Å². The van der Waals surface area contributed by atoms with Gasteiger partial charge in [0.15, 0.2) is 12.4 Å². The molecule has 0 aliphatic carbocycles. The van der Waals surface area contributed by atoms with Gasteiger partial charge < -0.3 is 17.3 Å². The number of piperidine rings is 1. The smallest absolute Gasteiger partial charge is 0.254 e. The van der Waals surface area contributed by atoms with Gasteiger partial charge in [0.2, 0.25) is 0 Å². The van der Waals surface area contributed by atoms with Crippen LogP contribution in [0.25, 0.3) is 0 Å². The minimum Gasteiger partial charge on any atom is -1.00 e. The standard InChI is InChI=1S/C18H21N2O.ClH/c1-19-12-7-10-16(14-19)17-11-5-6-13-20(17)18(21)15-8-3-2-4-9-15;/h2-4,7-10,12,14,17H,5-6,11,13H2,1H3;1H/q+1;/p-1. The summed E-state index contributed by atoms with van der Waals surface area (Å²) in [5.74, 6) is 0.145. The molecule has 0 bridgehead atoms. The number of aryl methyl sites for hydroxylation is 1. The first-order valence-corrected chi connectivity index (χ1v) is 7.57. The third-order valence-corrected chi connectivity index (χ3v) is 4.13. The summed E-state index contributed by atoms with van der Waals surface area (Å²) >= 11 is 0. The summed E-state index contributed by atoms with van der Waals surface area (Å²) in [7, 11) is 2.02. The Labute approximate surface area is 138 Å². The number of rotatable bonds is 2. The number of amides is 1. The molecule has 1 aromatic heterocycles. The topological polar surface area (TPSA) is 24.2 Å². The summed E-state index contributed by atoms with van der Waals surface area (Å²) in [6, 6.07) is 14.0. The van der Waals surface area contributed by atoms with E-state index < -0.39 is 0 Å². The van der Waals surface area contributed by atoms with E-state index in [1.165, 1.54) is 12.0 Å². The van der Waals surface area contributed by atoms with Crippen LogP contribution in [0.15, 0.2) is 54.9 Å². The molecular formula is C18H21ClN2O. The fourth-order valence-electron chi connectivity index (χ4n) is 3.08. The van der Waals surface area contributed by atoms with Gasteiger partial charge in [-0.2, -0.15) is 0 Å². The number of pyridine rings is 1. The maximum Gasteiger partial charge on any atom is 0.254 e. The predicted octanol–water partition coefficient (Wildman–Crippen LogP) is -0.117. The van der Waals surface area contributed by atoms with Gasteiger partial charge in [-0.25, -0.2) is 4.57 Å². The van der Waals surface area contributed by atoms with Crippen LogP contribution in [0.2, 0.25) is 0 Å². The van der Waals surface area contributed by atoms with Crippen molar-refractivity contribution in [1.29, 1.82) is 0 Å². The molecule has 0 saturated carbocycles. The van der Waals surface area contributed by atoms with E-state index >= 15 is 0 Å². The summed E-state index contributed by atoms with van der Waals surface area (Å²) in [5.41, 5.74) is 2.01. The summed E-state index contributed by atoms with van der Waals surface area (Å²) < 4.78 is 2.05. The third-order valence-electron chi connectivity index (χ3n) is 4.13. The van der Waals surface area contributed by atoms with E-state index in [0.717, 1.165) is 24.9 Å². The van der Waals surface area contributed by atoms with Crippen molar-refractivity contribution in [2.75, 3.05) is 6.54 Å². The highest BCUT2D eigenvalue weighted by atomic mass is 35.5. The Kier molecular flexibility index (Phi) is 5.56. The molecule has 1 unspecified atom stereocenters. The minimum absolute atomic E-state index is 0. The SMILES string of the molecule is C[n+]1cccc(C2CCCCN2C(=O)c2ccccc2)c1.[Cl-]. The van der Waals surface area contributed by atoms with E-state index in [4.69, 9.17) is 0 Å². The van der Waals surface area contributed by atoms with E-state index in [1.807, 2.05) is 48.5 Å². The zero-order valence-electron chi connectivity index (χ0n) is 12.8. The maximum atomic E-state index is 12.8. The van der Waals surface area contributed by atoms with Crippen LogP contribution in [0, 0.1) is 0 Å². The molecule has 3 rings (SSSR count). The lowest BCUT2D eigenvalue weighted by molar-refractivity contribution is -0.672. The third kappa shape index (κ3) is 3.47. The van der Waals surface area contributed by atoms with E-state index in [2.05, 4.69) is 22.9 Å². The fraction of sp³-hybridized carbons (Fsp3) is 0.333. The van der Waals surface area contributed by atoms with Gasteiger partial charge in [0.25, 0.3) is 5.91 Å². The number of carbonyl (C=O) groups is 1. The highest BCUT2D eigenvalue weighted by Crippen LogP contribution is 2.31. The Hall–Kier alpha value is -1.87. The van der Waals surface area contributed by atoms with Gasteiger partial charge in [-0.05, 0) is 37.5 Å². The van der Waals surface area contributed by atoms with Crippen LogP contribution >= 0.6 is 0 Å². The summed E-state index contributed by atoms with van der Waals surface area (Å²) in [4.78, 5) is 14.8. The average Bonchev–Trinajstić information content (AvgIpc) is 2.55. The Morgan fingerprint density at radius 2 is 1.91 bits per heavy atom. The molecule has 2 heterocycles. The van der Waals surface area contributed by atoms with Crippen molar-refractivity contribution >= 4 is 5.91 Å². The number of hydrogen-bond acceptors (Lipinski definition) is 1. The zero-order valence-corrected chi connectivity index (χ0v) is 13.5. The van der Waals surface area contributed by atoms with Gasteiger partial charge in [0, 0.05) is 23.7 Å². The van der Waals surface area contributed by atoms with Crippen molar-refractivity contribution in [3.8, 4) is 0 Å². The molecule has 1 aliphatic heterocycles. The summed E-state index contributed by atoms with van der Waals surface area (Å²) in [6.45, 7) is 0.844. The highest BCUT2D eigenvalue weighted by molar-refractivity contribution is 5.94. The Morgan fingerprint density at radius 3 is 2.64 bits per heavy atom. The van der Waals surface area contributed by atoms with Crippen molar-refractivity contribution in [1.82, 2.24) is 4.90 Å². The number of aromatic nitrogens is 1. The molecule has 116 valence electrons. The normalized spacial score (nSPS) is 17.7. The lowest BCUT2D eigenvalue weighted by Crippen LogP contribution is -3.00. The zero-order chi connectivity index (χ0) is 14.7. The molecule has 1 fully saturated rings. The molecule has 1 aromatic carbocycles. The maximum absolute atomic E-state index is 12.8. The van der Waals surface area contributed by atoms with Crippen molar-refractivity contribution in [3.63, 3.8) is 0 Å². The number of nitrogens with zero attached hydrogens (tertiary/aromatic N) is 2. The molecule has 3 nitrogen and oxygen atoms in total. The Morgan fingerprint density at radius 1 is 1.14 bits per heavy atom. The summed E-state index contributed by atoms with van der Waals surface area (Å²) in [5, 5.41) is 0. The minimum atomic E-state index is 0. The van der Waals surface area contributed by atoms with E-state index in [0.29, 0.717) is 0 Å². The highest BCUT2D eigenvalue weighted by Gasteiger charge is 2.29. The van der Waals surface area contributed by atoms with E-state index in [-0.39, 0.29) is 24.4 Å². The monoisotopic (exact) mass is 316 g/mol. The first-order chi connectivity index (χ1) is 10.3. The van der Waals surface area contributed by atoms with Crippen LogP contribution in [0.5, 0.6) is 0 Å². The Bertz CT molecular complexity index is 630. The van der Waals surface area contributed by atoms with Gasteiger partial charge in [0.05, 0.1) is 6.04 Å². The Balaban J connectivity index is 0.00000176. The fourth-order valence-corrected chi connectivity index (χ4v) is 3.08. The van der Waals surface area contributed by atoms with Gasteiger partial charge in [-0.3, -0.25) is 4.79 Å². The van der Waals surface area contributed by atoms with Crippen LogP contribution in [0.3, 0.4) is 0 Å².